The van der Waals surface area contributed by atoms with Crippen LogP contribution in [0.15, 0.2) is 29.2 Å². The van der Waals surface area contributed by atoms with E-state index in [1.165, 1.54) is 0 Å². The summed E-state index contributed by atoms with van der Waals surface area (Å²) in [6, 6.07) is 6.49. The molecule has 2 aliphatic rings. The molecule has 0 aliphatic carbocycles. The zero-order valence-corrected chi connectivity index (χ0v) is 16.4. The Bertz CT molecular complexity index is 745. The topological polar surface area (TPSA) is 102 Å². The molecule has 2 aliphatic heterocycles. The fourth-order valence-corrected chi connectivity index (χ4v) is 4.48. The van der Waals surface area contributed by atoms with Gasteiger partial charge in [-0.25, -0.2) is 13.1 Å². The zero-order valence-electron chi connectivity index (χ0n) is 15.6. The number of carbonyl (C=O) groups is 1. The van der Waals surface area contributed by atoms with Gasteiger partial charge in [0, 0.05) is 45.8 Å². The summed E-state index contributed by atoms with van der Waals surface area (Å²) in [4.78, 5) is 16.7. The molecule has 150 valence electrons. The number of amides is 1. The molecule has 2 fully saturated rings. The molecule has 3 N–H and O–H groups in total. The number of sulfonamides is 1. The molecule has 0 saturated carbocycles. The summed E-state index contributed by atoms with van der Waals surface area (Å²) in [6.07, 6.45) is 0.0293. The van der Waals surface area contributed by atoms with Gasteiger partial charge in [0.25, 0.3) is 0 Å². The van der Waals surface area contributed by atoms with Crippen LogP contribution in [0.5, 0.6) is 0 Å². The number of nitrogens with zero attached hydrogens (tertiary/aromatic N) is 2. The zero-order chi connectivity index (χ0) is 19.4. The lowest BCUT2D eigenvalue weighted by Gasteiger charge is -2.35. The van der Waals surface area contributed by atoms with E-state index in [9.17, 15) is 18.3 Å². The monoisotopic (exact) mass is 396 g/mol. The van der Waals surface area contributed by atoms with Gasteiger partial charge in [-0.2, -0.15) is 0 Å². The van der Waals surface area contributed by atoms with Crippen molar-refractivity contribution in [3.8, 4) is 0 Å². The van der Waals surface area contributed by atoms with E-state index < -0.39 is 16.1 Å². The third kappa shape index (κ3) is 5.26. The van der Waals surface area contributed by atoms with Crippen LogP contribution in [0, 0.1) is 6.92 Å². The van der Waals surface area contributed by atoms with Crippen LogP contribution in [0.4, 0.5) is 0 Å². The molecule has 2 saturated heterocycles. The molecule has 0 radical (unpaired) electrons. The lowest BCUT2D eigenvalue weighted by molar-refractivity contribution is -0.135. The van der Waals surface area contributed by atoms with Crippen molar-refractivity contribution in [1.82, 2.24) is 19.8 Å². The third-order valence-electron chi connectivity index (χ3n) is 5.14. The molecule has 3 rings (SSSR count). The Balaban J connectivity index is 1.40. The minimum absolute atomic E-state index is 0.0475. The van der Waals surface area contributed by atoms with Crippen LogP contribution in [-0.2, 0) is 14.8 Å². The Labute approximate surface area is 160 Å². The number of nitrogens with one attached hydrogen (secondary N) is 2. The quantitative estimate of drug-likeness (QED) is 0.578. The van der Waals surface area contributed by atoms with Gasteiger partial charge in [-0.05, 0) is 25.5 Å². The number of rotatable bonds is 6. The highest BCUT2D eigenvalue weighted by molar-refractivity contribution is 7.89. The first-order valence-corrected chi connectivity index (χ1v) is 10.8. The average Bonchev–Trinajstić information content (AvgIpc) is 3.08. The smallest absolute Gasteiger partial charge is 0.240 e. The molecule has 0 spiro atoms. The van der Waals surface area contributed by atoms with Gasteiger partial charge in [0.05, 0.1) is 17.0 Å². The lowest BCUT2D eigenvalue weighted by atomic mass is 10.1. The first kappa shape index (κ1) is 20.2. The van der Waals surface area contributed by atoms with Crippen molar-refractivity contribution in [2.24, 2.45) is 0 Å². The van der Waals surface area contributed by atoms with E-state index in [-0.39, 0.29) is 16.8 Å². The lowest BCUT2D eigenvalue weighted by Crippen LogP contribution is -2.53. The Kier molecular flexibility index (Phi) is 6.48. The van der Waals surface area contributed by atoms with Gasteiger partial charge >= 0.3 is 0 Å². The number of hydrogen-bond acceptors (Lipinski definition) is 6. The number of aliphatic hydroxyl groups excluding tert-OH is 1. The van der Waals surface area contributed by atoms with Crippen LogP contribution >= 0.6 is 0 Å². The minimum atomic E-state index is -3.49. The minimum Gasteiger partial charge on any atom is -0.392 e. The summed E-state index contributed by atoms with van der Waals surface area (Å²) in [6.45, 7) is 6.00. The first-order chi connectivity index (χ1) is 12.8. The average molecular weight is 397 g/mol. The highest BCUT2D eigenvalue weighted by Crippen LogP contribution is 2.12. The SMILES string of the molecule is Cc1ccc(S(=O)(=O)NCCN2CCN(C(=O)C3CC(O)CN3)CC2)cc1. The van der Waals surface area contributed by atoms with Crippen molar-refractivity contribution in [2.45, 2.75) is 30.4 Å². The van der Waals surface area contributed by atoms with Crippen LogP contribution in [0.1, 0.15) is 12.0 Å². The van der Waals surface area contributed by atoms with Crippen molar-refractivity contribution in [3.05, 3.63) is 29.8 Å². The molecule has 2 heterocycles. The molecule has 1 aromatic rings. The molecule has 2 unspecified atom stereocenters. The number of carbonyl (C=O) groups excluding carboxylic acids is 1. The number of benzene rings is 1. The van der Waals surface area contributed by atoms with Crippen LogP contribution in [-0.4, -0.2) is 87.2 Å². The van der Waals surface area contributed by atoms with Crippen LogP contribution < -0.4 is 10.0 Å². The molecule has 2 atom stereocenters. The Morgan fingerprint density at radius 3 is 2.48 bits per heavy atom. The standard InChI is InChI=1S/C18H28N4O4S/c1-14-2-4-16(5-3-14)27(25,26)20-6-7-21-8-10-22(11-9-21)18(24)17-12-15(23)13-19-17/h2-5,15,17,19-20,23H,6-13H2,1H3. The van der Waals surface area contributed by atoms with Gasteiger partial charge in [0.15, 0.2) is 0 Å². The fourth-order valence-electron chi connectivity index (χ4n) is 3.46. The number of aliphatic hydroxyl groups is 1. The predicted molar refractivity (Wildman–Crippen MR) is 102 cm³/mol. The molecule has 1 amide bonds. The van der Waals surface area contributed by atoms with E-state index in [2.05, 4.69) is 14.9 Å². The van der Waals surface area contributed by atoms with E-state index >= 15 is 0 Å². The van der Waals surface area contributed by atoms with Gasteiger partial charge in [-0.15, -0.1) is 0 Å². The van der Waals surface area contributed by atoms with Gasteiger partial charge in [-0.1, -0.05) is 17.7 Å². The Morgan fingerprint density at radius 1 is 1.22 bits per heavy atom. The summed E-state index contributed by atoms with van der Waals surface area (Å²) < 4.78 is 27.2. The normalized spacial score (nSPS) is 24.3. The van der Waals surface area contributed by atoms with Gasteiger partial charge < -0.3 is 15.3 Å². The maximum Gasteiger partial charge on any atom is 0.240 e. The highest BCUT2D eigenvalue weighted by Gasteiger charge is 2.32. The van der Waals surface area contributed by atoms with E-state index in [0.29, 0.717) is 52.2 Å². The summed E-state index contributed by atoms with van der Waals surface area (Å²) in [5.74, 6) is 0.0475. The van der Waals surface area contributed by atoms with E-state index in [1.807, 2.05) is 11.8 Å². The van der Waals surface area contributed by atoms with Crippen molar-refractivity contribution in [2.75, 3.05) is 45.8 Å². The van der Waals surface area contributed by atoms with Crippen molar-refractivity contribution in [1.29, 1.82) is 0 Å². The number of hydrogen-bond donors (Lipinski definition) is 3. The second-order valence-corrected chi connectivity index (χ2v) is 9.00. The van der Waals surface area contributed by atoms with Crippen molar-refractivity contribution < 1.29 is 18.3 Å². The van der Waals surface area contributed by atoms with E-state index in [1.54, 1.807) is 24.3 Å². The predicted octanol–water partition coefficient (Wildman–Crippen LogP) is -0.860. The molecule has 8 nitrogen and oxygen atoms in total. The second-order valence-electron chi connectivity index (χ2n) is 7.23. The highest BCUT2D eigenvalue weighted by atomic mass is 32.2. The molecule has 9 heteroatoms. The van der Waals surface area contributed by atoms with Gasteiger partial charge in [0.2, 0.25) is 15.9 Å². The maximum atomic E-state index is 12.4. The third-order valence-corrected chi connectivity index (χ3v) is 6.62. The van der Waals surface area contributed by atoms with Crippen LogP contribution in [0.25, 0.3) is 0 Å². The van der Waals surface area contributed by atoms with E-state index in [0.717, 1.165) is 5.56 Å². The first-order valence-electron chi connectivity index (χ1n) is 9.34. The van der Waals surface area contributed by atoms with Gasteiger partial charge in [0.1, 0.15) is 0 Å². The Morgan fingerprint density at radius 2 is 1.89 bits per heavy atom. The van der Waals surface area contributed by atoms with Gasteiger partial charge in [-0.3, -0.25) is 9.69 Å². The van der Waals surface area contributed by atoms with Crippen molar-refractivity contribution in [3.63, 3.8) is 0 Å². The summed E-state index contributed by atoms with van der Waals surface area (Å²) in [7, 11) is -3.49. The Hall–Kier alpha value is -1.52. The number of piperazine rings is 1. The van der Waals surface area contributed by atoms with Crippen molar-refractivity contribution >= 4 is 15.9 Å². The number of β-amino-alcohol motifs (C(OH)–C–C–N with tert-alkyl or cyclic N) is 1. The molecular formula is C18H28N4O4S. The van der Waals surface area contributed by atoms with E-state index in [4.69, 9.17) is 0 Å². The summed E-state index contributed by atoms with van der Waals surface area (Å²) in [5.41, 5.74) is 1.02. The maximum absolute atomic E-state index is 12.4. The summed E-state index contributed by atoms with van der Waals surface area (Å²) in [5, 5.41) is 12.6. The molecular weight excluding hydrogens is 368 g/mol. The number of aryl methyl sites for hydroxylation is 1. The largest absolute Gasteiger partial charge is 0.392 e. The van der Waals surface area contributed by atoms with Crippen LogP contribution in [0.2, 0.25) is 0 Å². The molecule has 27 heavy (non-hydrogen) atoms. The van der Waals surface area contributed by atoms with Crippen LogP contribution in [0.3, 0.4) is 0 Å². The fraction of sp³-hybridized carbons (Fsp3) is 0.611. The second kappa shape index (κ2) is 8.66. The summed E-state index contributed by atoms with van der Waals surface area (Å²) >= 11 is 0. The molecule has 0 aromatic heterocycles. The molecule has 1 aromatic carbocycles. The molecule has 0 bridgehead atoms.